The van der Waals surface area contributed by atoms with E-state index in [4.69, 9.17) is 5.73 Å². The van der Waals surface area contributed by atoms with Gasteiger partial charge in [-0.25, -0.2) is 8.42 Å². The summed E-state index contributed by atoms with van der Waals surface area (Å²) in [5.41, 5.74) is 5.64. The molecule has 0 radical (unpaired) electrons. The Morgan fingerprint density at radius 3 is 2.52 bits per heavy atom. The first kappa shape index (κ1) is 16.1. The average Bonchev–Trinajstić information content (AvgIpc) is 2.47. The number of nitrogens with two attached hydrogens (primary N) is 1. The van der Waals surface area contributed by atoms with Gasteiger partial charge in [0, 0.05) is 19.1 Å². The van der Waals surface area contributed by atoms with Gasteiger partial charge in [-0.1, -0.05) is 6.42 Å². The molecule has 1 aromatic rings. The van der Waals surface area contributed by atoms with Gasteiger partial charge in [-0.05, 0) is 37.1 Å². The van der Waals surface area contributed by atoms with Crippen LogP contribution in [0.15, 0.2) is 29.2 Å². The van der Waals surface area contributed by atoms with Crippen LogP contribution < -0.4 is 10.5 Å². The smallest absolute Gasteiger partial charge is 0.387 e. The molecule has 1 aliphatic heterocycles. The van der Waals surface area contributed by atoms with E-state index in [1.54, 1.807) is 0 Å². The standard InChI is InChI=1S/C13H18F2N2O3S/c14-13(15)20-11-4-6-12(7-5-11)21(18,19)17-8-2-1-3-10(17)9-16/h4-7,10,13H,1-3,8-9,16H2. The normalized spacial score (nSPS) is 20.7. The molecule has 0 bridgehead atoms. The number of rotatable bonds is 5. The molecule has 1 heterocycles. The number of hydrogen-bond acceptors (Lipinski definition) is 4. The zero-order chi connectivity index (χ0) is 15.5. The third kappa shape index (κ3) is 3.69. The predicted molar refractivity (Wildman–Crippen MR) is 73.7 cm³/mol. The van der Waals surface area contributed by atoms with Crippen LogP contribution in [0.5, 0.6) is 5.75 Å². The molecule has 2 N–H and O–H groups in total. The van der Waals surface area contributed by atoms with Gasteiger partial charge in [-0.3, -0.25) is 0 Å². The lowest BCUT2D eigenvalue weighted by Crippen LogP contribution is -2.47. The highest BCUT2D eigenvalue weighted by Crippen LogP contribution is 2.26. The molecule has 1 unspecified atom stereocenters. The first-order chi connectivity index (χ1) is 9.95. The molecule has 2 rings (SSSR count). The summed E-state index contributed by atoms with van der Waals surface area (Å²) < 4.78 is 54.9. The Morgan fingerprint density at radius 1 is 1.29 bits per heavy atom. The fraction of sp³-hybridized carbons (Fsp3) is 0.538. The van der Waals surface area contributed by atoms with Crippen LogP contribution in [-0.2, 0) is 10.0 Å². The summed E-state index contributed by atoms with van der Waals surface area (Å²) in [4.78, 5) is 0.0597. The van der Waals surface area contributed by atoms with Gasteiger partial charge in [-0.15, -0.1) is 0 Å². The van der Waals surface area contributed by atoms with Gasteiger partial charge in [0.15, 0.2) is 0 Å². The van der Waals surface area contributed by atoms with E-state index >= 15 is 0 Å². The van der Waals surface area contributed by atoms with Crippen molar-refractivity contribution < 1.29 is 21.9 Å². The Morgan fingerprint density at radius 2 is 1.95 bits per heavy atom. The highest BCUT2D eigenvalue weighted by Gasteiger charge is 2.32. The van der Waals surface area contributed by atoms with Crippen molar-refractivity contribution in [1.29, 1.82) is 0 Å². The fourth-order valence-corrected chi connectivity index (χ4v) is 4.16. The number of halogens is 2. The van der Waals surface area contributed by atoms with Crippen molar-refractivity contribution >= 4 is 10.0 Å². The van der Waals surface area contributed by atoms with Crippen LogP contribution in [0.1, 0.15) is 19.3 Å². The van der Waals surface area contributed by atoms with Gasteiger partial charge in [0.2, 0.25) is 10.0 Å². The summed E-state index contributed by atoms with van der Waals surface area (Å²) in [6.07, 6.45) is 2.49. The minimum absolute atomic E-state index is 0.0597. The number of alkyl halides is 2. The molecule has 1 aliphatic rings. The second kappa shape index (κ2) is 6.67. The lowest BCUT2D eigenvalue weighted by atomic mass is 10.1. The Hall–Kier alpha value is -1.25. The molecule has 1 atom stereocenters. The lowest BCUT2D eigenvalue weighted by Gasteiger charge is -2.33. The third-order valence-corrected chi connectivity index (χ3v) is 5.47. The van der Waals surface area contributed by atoms with E-state index in [1.807, 2.05) is 0 Å². The Kier molecular flexibility index (Phi) is 5.13. The van der Waals surface area contributed by atoms with Crippen LogP contribution in [0.4, 0.5) is 8.78 Å². The van der Waals surface area contributed by atoms with Crippen molar-refractivity contribution in [3.8, 4) is 5.75 Å². The lowest BCUT2D eigenvalue weighted by molar-refractivity contribution is -0.0498. The van der Waals surface area contributed by atoms with Crippen molar-refractivity contribution in [2.24, 2.45) is 5.73 Å². The number of hydrogen-bond donors (Lipinski definition) is 1. The van der Waals surface area contributed by atoms with Gasteiger partial charge in [-0.2, -0.15) is 13.1 Å². The van der Waals surface area contributed by atoms with Gasteiger partial charge in [0.25, 0.3) is 0 Å². The Labute approximate surface area is 122 Å². The largest absolute Gasteiger partial charge is 0.435 e. The Balaban J connectivity index is 2.22. The molecule has 118 valence electrons. The SMILES string of the molecule is NCC1CCCCN1S(=O)(=O)c1ccc(OC(F)F)cc1. The highest BCUT2D eigenvalue weighted by molar-refractivity contribution is 7.89. The van der Waals surface area contributed by atoms with E-state index in [1.165, 1.54) is 28.6 Å². The second-order valence-electron chi connectivity index (χ2n) is 4.85. The Bertz CT molecular complexity index is 563. The maximum absolute atomic E-state index is 12.6. The van der Waals surface area contributed by atoms with Crippen molar-refractivity contribution in [2.75, 3.05) is 13.1 Å². The van der Waals surface area contributed by atoms with Crippen molar-refractivity contribution in [2.45, 2.75) is 36.8 Å². The molecule has 1 aromatic carbocycles. The molecule has 1 fully saturated rings. The topological polar surface area (TPSA) is 72.6 Å². The van der Waals surface area contributed by atoms with Crippen LogP contribution in [0.2, 0.25) is 0 Å². The molecule has 0 amide bonds. The van der Waals surface area contributed by atoms with E-state index < -0.39 is 16.6 Å². The molecule has 8 heteroatoms. The molecule has 0 aliphatic carbocycles. The quantitative estimate of drug-likeness (QED) is 0.898. The molecule has 0 saturated carbocycles. The third-order valence-electron chi connectivity index (χ3n) is 3.50. The molecule has 21 heavy (non-hydrogen) atoms. The minimum Gasteiger partial charge on any atom is -0.435 e. The van der Waals surface area contributed by atoms with Crippen LogP contribution in [0.3, 0.4) is 0 Å². The zero-order valence-electron chi connectivity index (χ0n) is 11.4. The summed E-state index contributed by atoms with van der Waals surface area (Å²) in [5, 5.41) is 0. The molecule has 5 nitrogen and oxygen atoms in total. The first-order valence-corrected chi connectivity index (χ1v) is 8.16. The monoisotopic (exact) mass is 320 g/mol. The number of sulfonamides is 1. The van der Waals surface area contributed by atoms with E-state index in [0.717, 1.165) is 19.3 Å². The summed E-state index contributed by atoms with van der Waals surface area (Å²) in [6.45, 7) is -2.23. The maximum atomic E-state index is 12.6. The number of benzene rings is 1. The van der Waals surface area contributed by atoms with Crippen molar-refractivity contribution in [3.05, 3.63) is 24.3 Å². The van der Waals surface area contributed by atoms with E-state index in [0.29, 0.717) is 6.54 Å². The maximum Gasteiger partial charge on any atom is 0.387 e. The molecule has 1 saturated heterocycles. The van der Waals surface area contributed by atoms with Crippen molar-refractivity contribution in [1.82, 2.24) is 4.31 Å². The van der Waals surface area contributed by atoms with Crippen molar-refractivity contribution in [3.63, 3.8) is 0 Å². The molecular formula is C13H18F2N2O3S. The van der Waals surface area contributed by atoms with Crippen LogP contribution >= 0.6 is 0 Å². The minimum atomic E-state index is -3.66. The van der Waals surface area contributed by atoms with Crippen LogP contribution in [0.25, 0.3) is 0 Å². The average molecular weight is 320 g/mol. The zero-order valence-corrected chi connectivity index (χ0v) is 12.2. The van der Waals surface area contributed by atoms with E-state index in [9.17, 15) is 17.2 Å². The fourth-order valence-electron chi connectivity index (χ4n) is 2.45. The molecular weight excluding hydrogens is 302 g/mol. The number of nitrogens with zero attached hydrogens (tertiary/aromatic N) is 1. The summed E-state index contributed by atoms with van der Waals surface area (Å²) in [7, 11) is -3.66. The van der Waals surface area contributed by atoms with Gasteiger partial charge in [0.05, 0.1) is 4.90 Å². The van der Waals surface area contributed by atoms with Gasteiger partial charge >= 0.3 is 6.61 Å². The highest BCUT2D eigenvalue weighted by atomic mass is 32.2. The van der Waals surface area contributed by atoms with E-state index in [2.05, 4.69) is 4.74 Å². The van der Waals surface area contributed by atoms with Gasteiger partial charge < -0.3 is 10.5 Å². The van der Waals surface area contributed by atoms with E-state index in [-0.39, 0.29) is 23.2 Å². The van der Waals surface area contributed by atoms with Crippen LogP contribution in [-0.4, -0.2) is 38.5 Å². The summed E-state index contributed by atoms with van der Waals surface area (Å²) in [6, 6.07) is 4.78. The predicted octanol–water partition coefficient (Wildman–Crippen LogP) is 1.79. The second-order valence-corrected chi connectivity index (χ2v) is 6.74. The first-order valence-electron chi connectivity index (χ1n) is 6.72. The molecule has 0 aromatic heterocycles. The molecule has 0 spiro atoms. The van der Waals surface area contributed by atoms with Gasteiger partial charge in [0.1, 0.15) is 5.75 Å². The number of ether oxygens (including phenoxy) is 1. The van der Waals surface area contributed by atoms with Crippen LogP contribution in [0, 0.1) is 0 Å². The summed E-state index contributed by atoms with van der Waals surface area (Å²) in [5.74, 6) is -0.0713. The summed E-state index contributed by atoms with van der Waals surface area (Å²) >= 11 is 0. The number of piperidine rings is 1.